The van der Waals surface area contributed by atoms with Gasteiger partial charge in [0.2, 0.25) is 5.95 Å². The van der Waals surface area contributed by atoms with Crippen LogP contribution in [0.3, 0.4) is 0 Å². The van der Waals surface area contributed by atoms with Crippen LogP contribution in [-0.4, -0.2) is 35.7 Å². The van der Waals surface area contributed by atoms with E-state index in [9.17, 15) is 9.59 Å². The van der Waals surface area contributed by atoms with Gasteiger partial charge in [0.05, 0.1) is 23.7 Å². The summed E-state index contributed by atoms with van der Waals surface area (Å²) in [4.78, 5) is 33.5. The average molecular weight is 455 g/mol. The van der Waals surface area contributed by atoms with Crippen LogP contribution in [0.15, 0.2) is 77.6 Å². The lowest BCUT2D eigenvalue weighted by Gasteiger charge is -2.22. The van der Waals surface area contributed by atoms with E-state index in [1.807, 2.05) is 54.6 Å². The first-order valence-corrected chi connectivity index (χ1v) is 11.4. The quantitative estimate of drug-likeness (QED) is 0.478. The minimum atomic E-state index is -0.202. The molecule has 0 atom stereocenters. The van der Waals surface area contributed by atoms with Crippen molar-refractivity contribution in [3.63, 3.8) is 0 Å². The van der Waals surface area contributed by atoms with E-state index >= 15 is 0 Å². The smallest absolute Gasteiger partial charge is 0.267 e. The third-order valence-electron chi connectivity index (χ3n) is 6.11. The van der Waals surface area contributed by atoms with Crippen molar-refractivity contribution in [2.75, 3.05) is 25.1 Å². The van der Waals surface area contributed by atoms with E-state index in [4.69, 9.17) is 9.72 Å². The highest BCUT2D eigenvalue weighted by molar-refractivity contribution is 5.97. The molecule has 3 aromatic carbocycles. The van der Waals surface area contributed by atoms with Gasteiger partial charge in [0.15, 0.2) is 0 Å². The Morgan fingerprint density at radius 2 is 1.79 bits per heavy atom. The van der Waals surface area contributed by atoms with Crippen molar-refractivity contribution in [3.8, 4) is 11.4 Å². The Labute approximate surface area is 197 Å². The van der Waals surface area contributed by atoms with Crippen molar-refractivity contribution >= 4 is 22.8 Å². The van der Waals surface area contributed by atoms with Gasteiger partial charge in [-0.05, 0) is 48.7 Å². The number of benzene rings is 3. The summed E-state index contributed by atoms with van der Waals surface area (Å²) in [5.74, 6) is 1.06. The molecule has 1 aliphatic rings. The van der Waals surface area contributed by atoms with Gasteiger partial charge in [-0.25, -0.2) is 9.55 Å². The fourth-order valence-electron chi connectivity index (χ4n) is 4.31. The van der Waals surface area contributed by atoms with Crippen molar-refractivity contribution in [2.24, 2.45) is 0 Å². The van der Waals surface area contributed by atoms with E-state index in [1.165, 1.54) is 0 Å². The van der Waals surface area contributed by atoms with Crippen molar-refractivity contribution < 1.29 is 9.53 Å². The van der Waals surface area contributed by atoms with E-state index in [-0.39, 0.29) is 11.5 Å². The molecule has 7 heteroatoms. The molecule has 34 heavy (non-hydrogen) atoms. The number of hydrogen-bond donors (Lipinski definition) is 1. The van der Waals surface area contributed by atoms with Crippen LogP contribution in [0, 0.1) is 0 Å². The first-order chi connectivity index (χ1) is 16.6. The Morgan fingerprint density at radius 3 is 2.56 bits per heavy atom. The molecule has 7 nitrogen and oxygen atoms in total. The number of nitrogens with zero attached hydrogens (tertiary/aromatic N) is 3. The molecule has 4 aromatic rings. The predicted molar refractivity (Wildman–Crippen MR) is 133 cm³/mol. The average Bonchev–Trinajstić information content (AvgIpc) is 3.42. The molecule has 1 aliphatic heterocycles. The molecule has 172 valence electrons. The summed E-state index contributed by atoms with van der Waals surface area (Å²) in [5, 5.41) is 3.40. The lowest BCUT2D eigenvalue weighted by molar-refractivity contribution is 0.0951. The Balaban J connectivity index is 1.56. The summed E-state index contributed by atoms with van der Waals surface area (Å²) in [6.45, 7) is 2.10. The van der Waals surface area contributed by atoms with E-state index in [0.29, 0.717) is 40.4 Å². The van der Waals surface area contributed by atoms with Gasteiger partial charge in [-0.1, -0.05) is 36.4 Å². The molecule has 2 heterocycles. The number of carbonyl (C=O) groups is 1. The van der Waals surface area contributed by atoms with Gasteiger partial charge in [0, 0.05) is 31.3 Å². The molecule has 0 unspecified atom stereocenters. The summed E-state index contributed by atoms with van der Waals surface area (Å²) >= 11 is 0. The van der Waals surface area contributed by atoms with Gasteiger partial charge in [-0.15, -0.1) is 0 Å². The zero-order chi connectivity index (χ0) is 23.5. The zero-order valence-corrected chi connectivity index (χ0v) is 19.0. The predicted octanol–water partition coefficient (Wildman–Crippen LogP) is 3.92. The summed E-state index contributed by atoms with van der Waals surface area (Å²) in [7, 11) is 1.60. The maximum absolute atomic E-state index is 13.7. The molecule has 0 radical (unpaired) electrons. The lowest BCUT2D eigenvalue weighted by Crippen LogP contribution is -2.30. The maximum Gasteiger partial charge on any atom is 0.267 e. The van der Waals surface area contributed by atoms with Gasteiger partial charge in [-0.2, -0.15) is 0 Å². The molecule has 1 amide bonds. The highest BCUT2D eigenvalue weighted by atomic mass is 16.5. The number of methoxy groups -OCH3 is 1. The Bertz CT molecular complexity index is 1390. The summed E-state index contributed by atoms with van der Waals surface area (Å²) in [5.41, 5.74) is 2.54. The van der Waals surface area contributed by atoms with Crippen LogP contribution in [0.5, 0.6) is 5.75 Å². The molecule has 5 rings (SSSR count). The maximum atomic E-state index is 13.7. The van der Waals surface area contributed by atoms with Crippen LogP contribution in [0.25, 0.3) is 16.6 Å². The lowest BCUT2D eigenvalue weighted by atomic mass is 10.1. The standard InChI is InChI=1S/C27H26N4O3/c1-34-22-11-7-10-21(17-22)31-26(33)23-13-12-20(25(32)28-18-19-8-3-2-4-9-19)16-24(23)29-27(31)30-14-5-6-15-30/h2-4,7-13,16-17H,5-6,14-15,18H2,1H3,(H,28,32). The number of aromatic nitrogens is 2. The second-order valence-corrected chi connectivity index (χ2v) is 8.35. The minimum absolute atomic E-state index is 0.170. The molecule has 0 aliphatic carbocycles. The number of ether oxygens (including phenoxy) is 1. The summed E-state index contributed by atoms with van der Waals surface area (Å²) in [6.07, 6.45) is 2.10. The molecule has 0 saturated carbocycles. The monoisotopic (exact) mass is 454 g/mol. The van der Waals surface area contributed by atoms with E-state index in [2.05, 4.69) is 10.2 Å². The number of hydrogen-bond acceptors (Lipinski definition) is 5. The Morgan fingerprint density at radius 1 is 1.00 bits per heavy atom. The molecule has 1 fully saturated rings. The number of fused-ring (bicyclic) bond motifs is 1. The van der Waals surface area contributed by atoms with Crippen LogP contribution in [-0.2, 0) is 6.54 Å². The SMILES string of the molecule is COc1cccc(-n2c(N3CCCC3)nc3cc(C(=O)NCc4ccccc4)ccc3c2=O)c1. The van der Waals surface area contributed by atoms with Crippen LogP contribution < -0.4 is 20.5 Å². The largest absolute Gasteiger partial charge is 0.497 e. The second kappa shape index (κ2) is 9.39. The third-order valence-corrected chi connectivity index (χ3v) is 6.11. The molecule has 0 spiro atoms. The van der Waals surface area contributed by atoms with Gasteiger partial charge >= 0.3 is 0 Å². The van der Waals surface area contributed by atoms with Gasteiger partial charge in [0.1, 0.15) is 5.75 Å². The molecular weight excluding hydrogens is 428 g/mol. The van der Waals surface area contributed by atoms with E-state index in [0.717, 1.165) is 31.5 Å². The van der Waals surface area contributed by atoms with Gasteiger partial charge in [-0.3, -0.25) is 9.59 Å². The van der Waals surface area contributed by atoms with Crippen LogP contribution in [0.1, 0.15) is 28.8 Å². The second-order valence-electron chi connectivity index (χ2n) is 8.35. The first kappa shape index (κ1) is 21.7. The van der Waals surface area contributed by atoms with Crippen LogP contribution in [0.2, 0.25) is 0 Å². The minimum Gasteiger partial charge on any atom is -0.497 e. The van der Waals surface area contributed by atoms with Gasteiger partial charge in [0.25, 0.3) is 11.5 Å². The van der Waals surface area contributed by atoms with Gasteiger partial charge < -0.3 is 15.0 Å². The molecule has 1 N–H and O–H groups in total. The fraction of sp³-hybridized carbons (Fsp3) is 0.222. The van der Waals surface area contributed by atoms with Crippen molar-refractivity contribution in [1.29, 1.82) is 0 Å². The first-order valence-electron chi connectivity index (χ1n) is 11.4. The zero-order valence-electron chi connectivity index (χ0n) is 19.0. The number of nitrogens with one attached hydrogen (secondary N) is 1. The number of rotatable bonds is 6. The number of carbonyl (C=O) groups excluding carboxylic acids is 1. The van der Waals surface area contributed by atoms with Crippen LogP contribution in [0.4, 0.5) is 5.95 Å². The summed E-state index contributed by atoms with van der Waals surface area (Å²) < 4.78 is 7.02. The molecule has 1 saturated heterocycles. The normalized spacial score (nSPS) is 13.3. The highest BCUT2D eigenvalue weighted by Gasteiger charge is 2.22. The molecular formula is C27H26N4O3. The topological polar surface area (TPSA) is 76.5 Å². The van der Waals surface area contributed by atoms with Crippen molar-refractivity contribution in [1.82, 2.24) is 14.9 Å². The van der Waals surface area contributed by atoms with E-state index < -0.39 is 0 Å². The molecule has 0 bridgehead atoms. The fourth-order valence-corrected chi connectivity index (χ4v) is 4.31. The Kier molecular flexibility index (Phi) is 5.99. The summed E-state index contributed by atoms with van der Waals surface area (Å²) in [6, 6.07) is 22.2. The van der Waals surface area contributed by atoms with Crippen molar-refractivity contribution in [3.05, 3.63) is 94.3 Å². The van der Waals surface area contributed by atoms with E-state index in [1.54, 1.807) is 29.9 Å². The number of anilines is 1. The third kappa shape index (κ3) is 4.24. The molecule has 1 aromatic heterocycles. The van der Waals surface area contributed by atoms with Crippen LogP contribution >= 0.6 is 0 Å². The number of amides is 1. The van der Waals surface area contributed by atoms with Crippen molar-refractivity contribution in [2.45, 2.75) is 19.4 Å². The Hall–Kier alpha value is -4.13. The highest BCUT2D eigenvalue weighted by Crippen LogP contribution is 2.25.